The molecule has 0 aliphatic rings. The van der Waals surface area contributed by atoms with Gasteiger partial charge in [0.05, 0.1) is 5.02 Å². The molecule has 0 saturated carbocycles. The third kappa shape index (κ3) is 2.90. The lowest BCUT2D eigenvalue weighted by molar-refractivity contribution is -0.141. The molecule has 7 heteroatoms. The summed E-state index contributed by atoms with van der Waals surface area (Å²) < 4.78 is 37.6. The number of rotatable bonds is 2. The quantitative estimate of drug-likeness (QED) is 0.792. The molecule has 0 aliphatic heterocycles. The normalized spacial score (nSPS) is 11.4. The van der Waals surface area contributed by atoms with E-state index in [-0.39, 0.29) is 16.4 Å². The van der Waals surface area contributed by atoms with Crippen molar-refractivity contribution in [3.05, 3.63) is 46.7 Å². The van der Waals surface area contributed by atoms with Crippen LogP contribution in [0.15, 0.2) is 30.5 Å². The van der Waals surface area contributed by atoms with Crippen molar-refractivity contribution in [3.8, 4) is 11.4 Å². The minimum atomic E-state index is -4.55. The van der Waals surface area contributed by atoms with E-state index < -0.39 is 11.9 Å². The molecule has 0 saturated heterocycles. The summed E-state index contributed by atoms with van der Waals surface area (Å²) in [5.41, 5.74) is -0.493. The zero-order chi connectivity index (χ0) is 14.0. The van der Waals surface area contributed by atoms with Gasteiger partial charge in [-0.1, -0.05) is 17.7 Å². The maximum atomic E-state index is 12.5. The van der Waals surface area contributed by atoms with Crippen molar-refractivity contribution in [2.75, 3.05) is 0 Å². The van der Waals surface area contributed by atoms with E-state index in [1.165, 1.54) is 18.2 Å². The van der Waals surface area contributed by atoms with Crippen LogP contribution in [0.4, 0.5) is 13.2 Å². The highest BCUT2D eigenvalue weighted by Gasteiger charge is 2.32. The summed E-state index contributed by atoms with van der Waals surface area (Å²) in [4.78, 5) is 17.7. The molecule has 0 bridgehead atoms. The van der Waals surface area contributed by atoms with Gasteiger partial charge in [-0.3, -0.25) is 4.79 Å². The van der Waals surface area contributed by atoms with Crippen molar-refractivity contribution < 1.29 is 18.0 Å². The summed E-state index contributed by atoms with van der Waals surface area (Å²) in [5, 5.41) is 0.115. The van der Waals surface area contributed by atoms with Crippen LogP contribution < -0.4 is 0 Å². The molecule has 0 aliphatic carbocycles. The molecule has 98 valence electrons. The average molecular weight is 287 g/mol. The van der Waals surface area contributed by atoms with E-state index >= 15 is 0 Å². The number of benzene rings is 1. The van der Waals surface area contributed by atoms with Crippen molar-refractivity contribution in [2.24, 2.45) is 0 Å². The molecule has 0 fully saturated rings. The maximum absolute atomic E-state index is 12.5. The van der Waals surface area contributed by atoms with Crippen LogP contribution in [-0.4, -0.2) is 16.3 Å². The second-order valence-electron chi connectivity index (χ2n) is 3.62. The molecule has 0 unspecified atom stereocenters. The molecule has 19 heavy (non-hydrogen) atoms. The van der Waals surface area contributed by atoms with E-state index in [9.17, 15) is 18.0 Å². The Labute approximate surface area is 111 Å². The summed E-state index contributed by atoms with van der Waals surface area (Å²) in [7, 11) is 0. The summed E-state index contributed by atoms with van der Waals surface area (Å²) in [6, 6.07) is 4.95. The Morgan fingerprint density at radius 2 is 1.95 bits per heavy atom. The Morgan fingerprint density at radius 1 is 1.21 bits per heavy atom. The number of halogens is 4. The van der Waals surface area contributed by atoms with Gasteiger partial charge in [0.15, 0.2) is 5.82 Å². The van der Waals surface area contributed by atoms with Crippen LogP contribution in [0, 0.1) is 0 Å². The van der Waals surface area contributed by atoms with Crippen LogP contribution in [0.3, 0.4) is 0 Å². The van der Waals surface area contributed by atoms with E-state index in [2.05, 4.69) is 9.97 Å². The van der Waals surface area contributed by atoms with E-state index in [1.807, 2.05) is 0 Å². The fourth-order valence-corrected chi connectivity index (χ4v) is 1.71. The van der Waals surface area contributed by atoms with Crippen LogP contribution in [0.25, 0.3) is 11.4 Å². The van der Waals surface area contributed by atoms with Gasteiger partial charge in [-0.2, -0.15) is 13.2 Å². The summed E-state index contributed by atoms with van der Waals surface area (Å²) in [6.07, 6.45) is -2.95. The minimum absolute atomic E-state index is 0.115. The Hall–Kier alpha value is -1.95. The second kappa shape index (κ2) is 4.97. The predicted molar refractivity (Wildman–Crippen MR) is 62.9 cm³/mol. The molecule has 0 atom stereocenters. The maximum Gasteiger partial charge on any atom is 0.433 e. The van der Waals surface area contributed by atoms with Gasteiger partial charge in [0, 0.05) is 17.3 Å². The van der Waals surface area contributed by atoms with E-state index in [0.717, 1.165) is 12.3 Å². The number of alkyl halides is 3. The highest BCUT2D eigenvalue weighted by atomic mass is 35.5. The minimum Gasteiger partial charge on any atom is -0.298 e. The molecule has 1 heterocycles. The fourth-order valence-electron chi connectivity index (χ4n) is 1.43. The van der Waals surface area contributed by atoms with Crippen molar-refractivity contribution in [2.45, 2.75) is 6.18 Å². The van der Waals surface area contributed by atoms with Crippen LogP contribution in [-0.2, 0) is 6.18 Å². The third-order valence-electron chi connectivity index (χ3n) is 2.32. The number of carbonyl (C=O) groups is 1. The lowest BCUT2D eigenvalue weighted by Crippen LogP contribution is -2.09. The lowest BCUT2D eigenvalue weighted by atomic mass is 10.1. The average Bonchev–Trinajstić information content (AvgIpc) is 2.37. The molecule has 0 N–H and O–H groups in total. The van der Waals surface area contributed by atoms with Crippen molar-refractivity contribution in [3.63, 3.8) is 0 Å². The van der Waals surface area contributed by atoms with Gasteiger partial charge in [-0.25, -0.2) is 9.97 Å². The van der Waals surface area contributed by atoms with Gasteiger partial charge in [-0.05, 0) is 18.2 Å². The van der Waals surface area contributed by atoms with Crippen molar-refractivity contribution in [1.82, 2.24) is 9.97 Å². The molecule has 0 radical (unpaired) electrons. The van der Waals surface area contributed by atoms with E-state index in [4.69, 9.17) is 11.6 Å². The zero-order valence-corrected chi connectivity index (χ0v) is 10.0. The first-order chi connectivity index (χ1) is 8.91. The largest absolute Gasteiger partial charge is 0.433 e. The van der Waals surface area contributed by atoms with Gasteiger partial charge >= 0.3 is 6.18 Å². The number of nitrogens with zero attached hydrogens (tertiary/aromatic N) is 2. The van der Waals surface area contributed by atoms with Gasteiger partial charge < -0.3 is 0 Å². The Kier molecular flexibility index (Phi) is 3.53. The van der Waals surface area contributed by atoms with Gasteiger partial charge in [0.25, 0.3) is 0 Å². The van der Waals surface area contributed by atoms with Crippen molar-refractivity contribution in [1.29, 1.82) is 0 Å². The van der Waals surface area contributed by atoms with Gasteiger partial charge in [0.2, 0.25) is 0 Å². The van der Waals surface area contributed by atoms with Crippen LogP contribution >= 0.6 is 11.6 Å². The molecular weight excluding hydrogens is 281 g/mol. The van der Waals surface area contributed by atoms with Crippen LogP contribution in [0.5, 0.6) is 0 Å². The molecule has 3 nitrogen and oxygen atoms in total. The number of aldehydes is 1. The monoisotopic (exact) mass is 286 g/mol. The van der Waals surface area contributed by atoms with Crippen molar-refractivity contribution >= 4 is 17.9 Å². The molecular formula is C12H6ClF3N2O. The van der Waals surface area contributed by atoms with Gasteiger partial charge in [-0.15, -0.1) is 0 Å². The number of hydrogen-bond donors (Lipinski definition) is 0. The first-order valence-corrected chi connectivity index (χ1v) is 5.45. The zero-order valence-electron chi connectivity index (χ0n) is 9.28. The lowest BCUT2D eigenvalue weighted by Gasteiger charge is -2.08. The highest BCUT2D eigenvalue weighted by molar-refractivity contribution is 6.33. The predicted octanol–water partition coefficient (Wildman–Crippen LogP) is 3.63. The Balaban J connectivity index is 2.50. The Morgan fingerprint density at radius 3 is 2.53 bits per heavy atom. The molecule has 0 spiro atoms. The number of aromatic nitrogens is 2. The third-order valence-corrected chi connectivity index (χ3v) is 2.63. The number of hydrogen-bond acceptors (Lipinski definition) is 3. The summed E-state index contributed by atoms with van der Waals surface area (Å²) in [5.74, 6) is -0.141. The van der Waals surface area contributed by atoms with Crippen LogP contribution in [0.1, 0.15) is 16.1 Å². The van der Waals surface area contributed by atoms with Crippen LogP contribution in [0.2, 0.25) is 5.02 Å². The molecule has 1 aromatic carbocycles. The van der Waals surface area contributed by atoms with E-state index in [1.54, 1.807) is 0 Å². The summed E-state index contributed by atoms with van der Waals surface area (Å²) >= 11 is 5.89. The second-order valence-corrected chi connectivity index (χ2v) is 4.03. The van der Waals surface area contributed by atoms with Gasteiger partial charge in [0.1, 0.15) is 12.0 Å². The molecule has 2 aromatic rings. The highest BCUT2D eigenvalue weighted by Crippen LogP contribution is 2.30. The molecule has 0 amide bonds. The molecule has 2 rings (SSSR count). The van der Waals surface area contributed by atoms with E-state index in [0.29, 0.717) is 11.8 Å². The Bertz CT molecular complexity index is 629. The SMILES string of the molecule is O=Cc1ccc(-c2nccc(C(F)(F)F)n2)c(Cl)c1. The topological polar surface area (TPSA) is 42.9 Å². The smallest absolute Gasteiger partial charge is 0.298 e. The first kappa shape index (κ1) is 13.5. The fraction of sp³-hybridized carbons (Fsp3) is 0.0833. The number of carbonyl (C=O) groups excluding carboxylic acids is 1. The molecule has 1 aromatic heterocycles. The summed E-state index contributed by atoms with van der Waals surface area (Å²) in [6.45, 7) is 0. The standard InChI is InChI=1S/C12H6ClF3N2O/c13-9-5-7(6-19)1-2-8(9)11-17-4-3-10(18-11)12(14,15)16/h1-6H. The first-order valence-electron chi connectivity index (χ1n) is 5.07.